The van der Waals surface area contributed by atoms with E-state index in [1.54, 1.807) is 0 Å². The normalized spacial score (nSPS) is 13.1. The van der Waals surface area contributed by atoms with E-state index in [1.807, 2.05) is 36.4 Å². The monoisotopic (exact) mass is 652 g/mol. The minimum Gasteiger partial charge on any atom is -0.245 e. The molecule has 0 N–H and O–H groups in total. The Labute approximate surface area is 296 Å². The van der Waals surface area contributed by atoms with Gasteiger partial charge in [0.25, 0.3) is 0 Å². The fraction of sp³-hybridized carbons (Fsp3) is 0.0638. The first-order valence-corrected chi connectivity index (χ1v) is 17.4. The van der Waals surface area contributed by atoms with E-state index in [4.69, 9.17) is 19.9 Å². The summed E-state index contributed by atoms with van der Waals surface area (Å²) in [6.07, 6.45) is 0. The van der Waals surface area contributed by atoms with Gasteiger partial charge in [0.1, 0.15) is 0 Å². The molecular formula is C47H32N4. The van der Waals surface area contributed by atoms with Gasteiger partial charge in [-0.1, -0.05) is 141 Å². The molecule has 6 aromatic carbocycles. The van der Waals surface area contributed by atoms with E-state index in [1.165, 1.54) is 22.3 Å². The smallest absolute Gasteiger partial charge is 0.0973 e. The average molecular weight is 653 g/mol. The van der Waals surface area contributed by atoms with Crippen LogP contribution in [-0.2, 0) is 5.41 Å². The topological polar surface area (TPSA) is 51.6 Å². The van der Waals surface area contributed by atoms with E-state index < -0.39 is 0 Å². The second-order valence-electron chi connectivity index (χ2n) is 13.9. The van der Waals surface area contributed by atoms with Crippen LogP contribution in [0.4, 0.5) is 0 Å². The molecule has 0 saturated heterocycles. The number of hydrogen-bond acceptors (Lipinski definition) is 4. The molecule has 1 aliphatic carbocycles. The Kier molecular flexibility index (Phi) is 6.49. The Hall–Kier alpha value is -6.52. The summed E-state index contributed by atoms with van der Waals surface area (Å²) in [5, 5.41) is 2.12. The molecule has 0 fully saturated rings. The molecule has 0 amide bonds. The predicted molar refractivity (Wildman–Crippen MR) is 209 cm³/mol. The Balaban J connectivity index is 1.09. The first-order valence-electron chi connectivity index (χ1n) is 17.4. The highest BCUT2D eigenvalue weighted by Crippen LogP contribution is 2.49. The van der Waals surface area contributed by atoms with E-state index in [0.29, 0.717) is 0 Å². The molecule has 0 spiro atoms. The van der Waals surface area contributed by atoms with Crippen LogP contribution in [0.1, 0.15) is 25.0 Å². The summed E-state index contributed by atoms with van der Waals surface area (Å²) in [4.78, 5) is 20.9. The molecule has 0 bridgehead atoms. The number of hydrogen-bond donors (Lipinski definition) is 0. The van der Waals surface area contributed by atoms with Gasteiger partial charge >= 0.3 is 0 Å². The molecule has 3 heterocycles. The molecule has 0 radical (unpaired) electrons. The molecule has 4 nitrogen and oxygen atoms in total. The summed E-state index contributed by atoms with van der Waals surface area (Å²) in [6.45, 7) is 4.63. The maximum atomic E-state index is 5.28. The highest BCUT2D eigenvalue weighted by molar-refractivity contribution is 6.04. The summed E-state index contributed by atoms with van der Waals surface area (Å²) in [5.74, 6) is 0. The molecule has 0 aliphatic heterocycles. The van der Waals surface area contributed by atoms with Gasteiger partial charge in [0, 0.05) is 38.4 Å². The minimum atomic E-state index is -0.0723. The van der Waals surface area contributed by atoms with Gasteiger partial charge in [0.15, 0.2) is 0 Å². The largest absolute Gasteiger partial charge is 0.245 e. The van der Waals surface area contributed by atoms with Crippen LogP contribution in [0.25, 0.3) is 89.0 Å². The molecule has 0 saturated carbocycles. The van der Waals surface area contributed by atoms with Gasteiger partial charge in [-0.25, -0.2) is 19.9 Å². The maximum absolute atomic E-state index is 5.28. The number of nitrogens with zero attached hydrogens (tertiary/aromatic N) is 4. The minimum absolute atomic E-state index is 0.0723. The van der Waals surface area contributed by atoms with Gasteiger partial charge in [-0.05, 0) is 52.6 Å². The van der Waals surface area contributed by atoms with Crippen molar-refractivity contribution in [1.82, 2.24) is 19.9 Å². The lowest BCUT2D eigenvalue weighted by atomic mass is 9.82. The standard InChI is InChI=1S/C47H32N4/c1-47(2)37-16-10-9-15-35(37)36-23-19-33(27-38(36)47)39-24-20-31-17-18-32-21-25-40(49-46(32)45(31)48-39)34-22-26-41-42(28-34)51-44(30-13-7-4-8-14-30)43(50-41)29-11-5-3-6-12-29/h3-28H,1-2H3. The van der Waals surface area contributed by atoms with E-state index in [-0.39, 0.29) is 5.41 Å². The molecule has 1 aliphatic rings. The number of benzene rings is 6. The Bertz CT molecular complexity index is 2820. The Morgan fingerprint density at radius 1 is 0.373 bits per heavy atom. The van der Waals surface area contributed by atoms with Crippen LogP contribution in [-0.4, -0.2) is 19.9 Å². The molecule has 0 atom stereocenters. The fourth-order valence-corrected chi connectivity index (χ4v) is 7.76. The predicted octanol–water partition coefficient (Wildman–Crippen LogP) is 11.7. The van der Waals surface area contributed by atoms with Crippen molar-refractivity contribution in [3.8, 4) is 56.2 Å². The molecule has 51 heavy (non-hydrogen) atoms. The van der Waals surface area contributed by atoms with Crippen molar-refractivity contribution in [2.24, 2.45) is 0 Å². The van der Waals surface area contributed by atoms with E-state index in [0.717, 1.165) is 77.9 Å². The van der Waals surface area contributed by atoms with Crippen LogP contribution in [0.2, 0.25) is 0 Å². The van der Waals surface area contributed by atoms with Gasteiger partial charge in [-0.15, -0.1) is 0 Å². The highest BCUT2D eigenvalue weighted by Gasteiger charge is 2.35. The third-order valence-electron chi connectivity index (χ3n) is 10.5. The highest BCUT2D eigenvalue weighted by atomic mass is 14.8. The molecular weight excluding hydrogens is 621 g/mol. The lowest BCUT2D eigenvalue weighted by Crippen LogP contribution is -2.14. The van der Waals surface area contributed by atoms with Crippen LogP contribution < -0.4 is 0 Å². The van der Waals surface area contributed by atoms with Crippen LogP contribution in [0.3, 0.4) is 0 Å². The Morgan fingerprint density at radius 3 is 1.53 bits per heavy atom. The SMILES string of the molecule is CC1(C)c2ccccc2-c2ccc(-c3ccc4ccc5ccc(-c6ccc7nc(-c8ccccc8)c(-c8ccccc8)nc7c6)nc5c4n3)cc21. The van der Waals surface area contributed by atoms with Crippen molar-refractivity contribution in [2.45, 2.75) is 19.3 Å². The van der Waals surface area contributed by atoms with Crippen molar-refractivity contribution in [3.05, 3.63) is 169 Å². The van der Waals surface area contributed by atoms with Crippen molar-refractivity contribution in [1.29, 1.82) is 0 Å². The fourth-order valence-electron chi connectivity index (χ4n) is 7.76. The number of aromatic nitrogens is 4. The first kappa shape index (κ1) is 29.4. The first-order chi connectivity index (χ1) is 25.0. The summed E-state index contributed by atoms with van der Waals surface area (Å²) < 4.78 is 0. The number of fused-ring (bicyclic) bond motifs is 7. The molecule has 9 aromatic rings. The van der Waals surface area contributed by atoms with Crippen LogP contribution in [0, 0.1) is 0 Å². The molecule has 4 heteroatoms. The van der Waals surface area contributed by atoms with Gasteiger partial charge < -0.3 is 0 Å². The zero-order valence-corrected chi connectivity index (χ0v) is 28.3. The maximum Gasteiger partial charge on any atom is 0.0973 e. The van der Waals surface area contributed by atoms with Crippen molar-refractivity contribution in [3.63, 3.8) is 0 Å². The van der Waals surface area contributed by atoms with Crippen molar-refractivity contribution in [2.75, 3.05) is 0 Å². The lowest BCUT2D eigenvalue weighted by molar-refractivity contribution is 0.660. The summed E-state index contributed by atoms with van der Waals surface area (Å²) in [5.41, 5.74) is 16.4. The van der Waals surface area contributed by atoms with Gasteiger partial charge in [-0.3, -0.25) is 0 Å². The second-order valence-corrected chi connectivity index (χ2v) is 13.9. The summed E-state index contributed by atoms with van der Waals surface area (Å²) in [7, 11) is 0. The van der Waals surface area contributed by atoms with Crippen molar-refractivity contribution >= 4 is 32.8 Å². The van der Waals surface area contributed by atoms with Crippen LogP contribution in [0.5, 0.6) is 0 Å². The van der Waals surface area contributed by atoms with Gasteiger partial charge in [0.05, 0.1) is 44.8 Å². The van der Waals surface area contributed by atoms with Crippen LogP contribution in [0.15, 0.2) is 158 Å². The molecule has 240 valence electrons. The van der Waals surface area contributed by atoms with E-state index >= 15 is 0 Å². The number of rotatable bonds is 4. The molecule has 10 rings (SSSR count). The molecule has 3 aromatic heterocycles. The van der Waals surface area contributed by atoms with E-state index in [9.17, 15) is 0 Å². The Morgan fingerprint density at radius 2 is 0.882 bits per heavy atom. The quantitative estimate of drug-likeness (QED) is 0.178. The lowest BCUT2D eigenvalue weighted by Gasteiger charge is -2.21. The second kappa shape index (κ2) is 11.3. The van der Waals surface area contributed by atoms with Crippen LogP contribution >= 0.6 is 0 Å². The third kappa shape index (κ3) is 4.75. The zero-order chi connectivity index (χ0) is 34.1. The zero-order valence-electron chi connectivity index (χ0n) is 28.3. The van der Waals surface area contributed by atoms with Crippen molar-refractivity contribution < 1.29 is 0 Å². The van der Waals surface area contributed by atoms with Gasteiger partial charge in [0.2, 0.25) is 0 Å². The van der Waals surface area contributed by atoms with Gasteiger partial charge in [-0.2, -0.15) is 0 Å². The number of pyridine rings is 2. The average Bonchev–Trinajstić information content (AvgIpc) is 3.42. The summed E-state index contributed by atoms with van der Waals surface area (Å²) >= 11 is 0. The summed E-state index contributed by atoms with van der Waals surface area (Å²) in [6, 6.07) is 55.2. The molecule has 0 unspecified atom stereocenters. The van der Waals surface area contributed by atoms with E-state index in [2.05, 4.69) is 135 Å². The third-order valence-corrected chi connectivity index (χ3v) is 10.5.